The molecule has 0 spiro atoms. The molecule has 1 N–H and O–H groups in total. The molecule has 42 heavy (non-hydrogen) atoms. The summed E-state index contributed by atoms with van der Waals surface area (Å²) < 4.78 is 63.7. The third kappa shape index (κ3) is 6.55. The first-order chi connectivity index (χ1) is 19.3. The van der Waals surface area contributed by atoms with Gasteiger partial charge in [-0.1, -0.05) is 69.3 Å². The Morgan fingerprint density at radius 1 is 0.905 bits per heavy atom. The molecule has 0 aliphatic rings. The number of aromatic nitrogens is 2. The normalized spacial score (nSPS) is 12.9. The number of anilines is 1. The van der Waals surface area contributed by atoms with Gasteiger partial charge in [0.05, 0.1) is 11.7 Å². The maximum absolute atomic E-state index is 10.7. The van der Waals surface area contributed by atoms with Gasteiger partial charge < -0.3 is 4.55 Å². The van der Waals surface area contributed by atoms with E-state index < -0.39 is 15.6 Å². The molecule has 0 saturated heterocycles. The van der Waals surface area contributed by atoms with E-state index in [0.29, 0.717) is 0 Å². The van der Waals surface area contributed by atoms with Gasteiger partial charge in [0.15, 0.2) is 15.6 Å². The van der Waals surface area contributed by atoms with Gasteiger partial charge in [0.1, 0.15) is 5.69 Å². The van der Waals surface area contributed by atoms with Crippen LogP contribution in [0.15, 0.2) is 72.9 Å². The van der Waals surface area contributed by atoms with Crippen LogP contribution in [0.2, 0.25) is 0 Å². The predicted octanol–water partition coefficient (Wildman–Crippen LogP) is 7.79. The molecule has 3 aromatic heterocycles. The Bertz CT molecular complexity index is 1890. The van der Waals surface area contributed by atoms with Gasteiger partial charge in [0.2, 0.25) is 5.65 Å². The molecule has 5 aromatic rings. The molecule has 3 heterocycles. The van der Waals surface area contributed by atoms with Crippen LogP contribution in [0.3, 0.4) is 0 Å². The van der Waals surface area contributed by atoms with Crippen molar-refractivity contribution in [1.29, 1.82) is 0 Å². The van der Waals surface area contributed by atoms with Gasteiger partial charge in [-0.25, -0.2) is 17.2 Å². The Morgan fingerprint density at radius 2 is 1.50 bits per heavy atom. The maximum atomic E-state index is 10.7. The van der Waals surface area contributed by atoms with Gasteiger partial charge in [-0.3, -0.25) is 5.32 Å². The summed E-state index contributed by atoms with van der Waals surface area (Å²) >= 11 is 0. The molecule has 10 heteroatoms. The van der Waals surface area contributed by atoms with Crippen molar-refractivity contribution in [2.24, 2.45) is 5.41 Å². The highest BCUT2D eigenvalue weighted by molar-refractivity contribution is 7.86. The Balaban J connectivity index is 0.000000446. The highest BCUT2D eigenvalue weighted by Crippen LogP contribution is 2.37. The van der Waals surface area contributed by atoms with E-state index >= 15 is 0 Å². The van der Waals surface area contributed by atoms with Gasteiger partial charge in [-0.05, 0) is 68.2 Å². The molecule has 0 amide bonds. The van der Waals surface area contributed by atoms with Crippen molar-refractivity contribution < 1.29 is 30.5 Å². The Hall–Kier alpha value is -3.63. The standard InChI is InChI=1S/C31H36N3.CHF3O3S/c1-21-16-17-27-33(19-21)29(32-31(6,7)20-30(3,4)5)28-25-15-11-9-13-23(25)18-26(34(27)28)24-14-10-8-12-22(24)2;2-1(3,4)8(5,6)7/h8-19,32H,20H2,1-7H3;(H,5,6,7)/q+1;/p-1. The van der Waals surface area contributed by atoms with Gasteiger partial charge >= 0.3 is 5.51 Å². The fraction of sp³-hybridized carbons (Fsp3) is 0.344. The molecule has 6 nitrogen and oxygen atoms in total. The molecule has 0 saturated carbocycles. The van der Waals surface area contributed by atoms with Gasteiger partial charge in [-0.15, -0.1) is 0 Å². The minimum absolute atomic E-state index is 0.0798. The number of pyridine rings is 2. The van der Waals surface area contributed by atoms with Crippen LogP contribution in [0, 0.1) is 19.3 Å². The van der Waals surface area contributed by atoms with Crippen LogP contribution in [0.5, 0.6) is 0 Å². The van der Waals surface area contributed by atoms with E-state index in [0.717, 1.165) is 12.2 Å². The number of hydrogen-bond donors (Lipinski definition) is 1. The number of benzene rings is 2. The van der Waals surface area contributed by atoms with Crippen molar-refractivity contribution in [2.75, 3.05) is 5.32 Å². The van der Waals surface area contributed by atoms with E-state index in [9.17, 15) is 13.2 Å². The number of nitrogens with one attached hydrogen (secondary N) is 1. The van der Waals surface area contributed by atoms with E-state index in [2.05, 4.69) is 136 Å². The number of hydrogen-bond acceptors (Lipinski definition) is 4. The lowest BCUT2D eigenvalue weighted by Crippen LogP contribution is -2.39. The zero-order valence-corrected chi connectivity index (χ0v) is 25.6. The monoisotopic (exact) mass is 599 g/mol. The minimum atomic E-state index is -6.09. The van der Waals surface area contributed by atoms with Crippen molar-refractivity contribution in [3.8, 4) is 11.3 Å². The van der Waals surface area contributed by atoms with Gasteiger partial charge in [-0.2, -0.15) is 13.2 Å². The zero-order valence-electron chi connectivity index (χ0n) is 24.8. The molecule has 0 bridgehead atoms. The number of alkyl halides is 3. The molecule has 0 aliphatic heterocycles. The molecule has 0 radical (unpaired) electrons. The smallest absolute Gasteiger partial charge is 0.485 e. The highest BCUT2D eigenvalue weighted by Gasteiger charge is 2.37. The van der Waals surface area contributed by atoms with Crippen molar-refractivity contribution in [2.45, 2.75) is 65.9 Å². The van der Waals surface area contributed by atoms with Crippen LogP contribution in [0.25, 0.3) is 33.2 Å². The van der Waals surface area contributed by atoms with E-state index in [4.69, 9.17) is 13.0 Å². The molecule has 224 valence electrons. The molecule has 5 rings (SSSR count). The van der Waals surface area contributed by atoms with Crippen LogP contribution >= 0.6 is 0 Å². The first kappa shape index (κ1) is 31.3. The summed E-state index contributed by atoms with van der Waals surface area (Å²) in [7, 11) is -6.09. The molecule has 0 aliphatic carbocycles. The summed E-state index contributed by atoms with van der Waals surface area (Å²) in [6.07, 6.45) is 3.31. The summed E-state index contributed by atoms with van der Waals surface area (Å²) in [6, 6.07) is 24.3. The van der Waals surface area contributed by atoms with Crippen molar-refractivity contribution >= 4 is 37.9 Å². The van der Waals surface area contributed by atoms with Crippen LogP contribution < -0.4 is 9.72 Å². The number of halogens is 3. The lowest BCUT2D eigenvalue weighted by molar-refractivity contribution is -0.495. The summed E-state index contributed by atoms with van der Waals surface area (Å²) in [5, 5.41) is 6.51. The number of rotatable bonds is 4. The topological polar surface area (TPSA) is 77.7 Å². The largest absolute Gasteiger partial charge is 0.741 e. The summed E-state index contributed by atoms with van der Waals surface area (Å²) in [4.78, 5) is 0. The second-order valence-electron chi connectivity index (χ2n) is 12.5. The maximum Gasteiger partial charge on any atom is 0.485 e. The number of nitrogens with zero attached hydrogens (tertiary/aromatic N) is 2. The third-order valence-corrected chi connectivity index (χ3v) is 7.44. The quantitative estimate of drug-likeness (QED) is 0.130. The zero-order chi connectivity index (χ0) is 31.3. The number of aryl methyl sites for hydroxylation is 2. The first-order valence-corrected chi connectivity index (χ1v) is 14.9. The second-order valence-corrected chi connectivity index (χ2v) is 13.9. The highest BCUT2D eigenvalue weighted by atomic mass is 32.2. The molecule has 0 fully saturated rings. The average molecular weight is 600 g/mol. The van der Waals surface area contributed by atoms with E-state index in [1.54, 1.807) is 0 Å². The van der Waals surface area contributed by atoms with E-state index in [1.807, 2.05) is 0 Å². The average Bonchev–Trinajstić information content (AvgIpc) is 3.14. The van der Waals surface area contributed by atoms with Crippen molar-refractivity contribution in [1.82, 2.24) is 4.40 Å². The Morgan fingerprint density at radius 3 is 2.10 bits per heavy atom. The summed E-state index contributed by atoms with van der Waals surface area (Å²) in [5.74, 6) is 1.15. The fourth-order valence-electron chi connectivity index (χ4n) is 5.71. The first-order valence-electron chi connectivity index (χ1n) is 13.5. The molecule has 0 unspecified atom stereocenters. The van der Waals surface area contributed by atoms with Gasteiger partial charge in [0, 0.05) is 17.0 Å². The van der Waals surface area contributed by atoms with Crippen LogP contribution in [0.4, 0.5) is 19.0 Å². The Labute approximate surface area is 244 Å². The second kappa shape index (κ2) is 10.9. The van der Waals surface area contributed by atoms with Gasteiger partial charge in [0.25, 0.3) is 5.82 Å². The lowest BCUT2D eigenvalue weighted by Gasteiger charge is -2.31. The Kier molecular flexibility index (Phi) is 8.12. The number of imidazole rings is 1. The number of fused-ring (bicyclic) bond motifs is 5. The molecular weight excluding hydrogens is 563 g/mol. The van der Waals surface area contributed by atoms with Crippen molar-refractivity contribution in [3.63, 3.8) is 0 Å². The lowest BCUT2D eigenvalue weighted by atomic mass is 9.82. The van der Waals surface area contributed by atoms with E-state index in [1.165, 1.54) is 44.3 Å². The van der Waals surface area contributed by atoms with Crippen LogP contribution in [0.1, 0.15) is 52.2 Å². The van der Waals surface area contributed by atoms with Crippen LogP contribution in [-0.2, 0) is 10.1 Å². The van der Waals surface area contributed by atoms with Crippen molar-refractivity contribution in [3.05, 3.63) is 84.1 Å². The summed E-state index contributed by atoms with van der Waals surface area (Å²) in [5.41, 5.74) is 1.88. The summed E-state index contributed by atoms with van der Waals surface area (Å²) in [6.45, 7) is 15.9. The third-order valence-electron chi connectivity index (χ3n) is 6.88. The fourth-order valence-corrected chi connectivity index (χ4v) is 5.71. The molecule has 0 atom stereocenters. The van der Waals surface area contributed by atoms with E-state index in [-0.39, 0.29) is 11.0 Å². The molecular formula is C32H36F3N3O3S. The minimum Gasteiger partial charge on any atom is -0.741 e. The predicted molar refractivity (Wildman–Crippen MR) is 160 cm³/mol. The molecule has 2 aromatic carbocycles. The SMILES string of the molecule is Cc1ccc2n3c(-c4ccccc4C)cc4ccccc4c3c(NC(C)(C)CC(C)(C)C)[n+]2c1.O=S(=O)([O-])C(F)(F)F. The van der Waals surface area contributed by atoms with Crippen LogP contribution in [-0.4, -0.2) is 28.4 Å².